The van der Waals surface area contributed by atoms with Gasteiger partial charge in [-0.25, -0.2) is 12.8 Å². The first-order valence-electron chi connectivity index (χ1n) is 8.83. The van der Waals surface area contributed by atoms with Crippen molar-refractivity contribution in [2.75, 3.05) is 12.8 Å². The molecule has 0 spiro atoms. The van der Waals surface area contributed by atoms with E-state index < -0.39 is 10.0 Å². The third-order valence-electron chi connectivity index (χ3n) is 4.53. The van der Waals surface area contributed by atoms with Gasteiger partial charge in [0.15, 0.2) is 0 Å². The lowest BCUT2D eigenvalue weighted by Gasteiger charge is -2.24. The van der Waals surface area contributed by atoms with Crippen LogP contribution in [0.5, 0.6) is 0 Å². The minimum Gasteiger partial charge on any atom is -0.352 e. The van der Waals surface area contributed by atoms with Gasteiger partial charge in [-0.1, -0.05) is 44.2 Å². The van der Waals surface area contributed by atoms with Gasteiger partial charge >= 0.3 is 0 Å². The number of hydrogen-bond acceptors (Lipinski definition) is 3. The third kappa shape index (κ3) is 7.12. The molecule has 0 saturated heterocycles. The highest BCUT2D eigenvalue weighted by atomic mass is 32.2. The molecule has 1 aromatic rings. The number of nitrogens with one attached hydrogen (secondary N) is 1. The van der Waals surface area contributed by atoms with Crippen LogP contribution in [0.25, 0.3) is 0 Å². The fourth-order valence-corrected chi connectivity index (χ4v) is 3.85. The molecule has 1 aliphatic carbocycles. The number of carbonyl (C=O) groups is 1. The van der Waals surface area contributed by atoms with Crippen molar-refractivity contribution >= 4 is 15.9 Å². The lowest BCUT2D eigenvalue weighted by atomic mass is 9.97. The molecule has 1 fully saturated rings. The summed E-state index contributed by atoms with van der Waals surface area (Å²) in [5.74, 6) is -0.658. The second-order valence-electron chi connectivity index (χ2n) is 6.77. The standard InChI is InChI=1S/C18H27FN2O3S/c1-25(23,24)21(13-15-9-11-16(19)12-10-15)14-18(22)20-17-7-5-3-2-4-6-8-17/h9-12,17H,2-8,13-14H2,1H3,(H,20,22). The molecule has 1 aliphatic rings. The molecule has 140 valence electrons. The van der Waals surface area contributed by atoms with Gasteiger partial charge in [0, 0.05) is 12.6 Å². The molecule has 25 heavy (non-hydrogen) atoms. The highest BCUT2D eigenvalue weighted by Crippen LogP contribution is 2.17. The van der Waals surface area contributed by atoms with E-state index in [4.69, 9.17) is 0 Å². The van der Waals surface area contributed by atoms with Crippen LogP contribution in [0.3, 0.4) is 0 Å². The van der Waals surface area contributed by atoms with Crippen molar-refractivity contribution in [3.05, 3.63) is 35.6 Å². The molecular formula is C18H27FN2O3S. The number of amides is 1. The van der Waals surface area contributed by atoms with Gasteiger partial charge in [0.1, 0.15) is 5.82 Å². The summed E-state index contributed by atoms with van der Waals surface area (Å²) < 4.78 is 38.1. The summed E-state index contributed by atoms with van der Waals surface area (Å²) in [4.78, 5) is 12.3. The number of benzene rings is 1. The van der Waals surface area contributed by atoms with Crippen molar-refractivity contribution in [3.8, 4) is 0 Å². The molecule has 0 aliphatic heterocycles. The molecule has 1 N–H and O–H groups in total. The first kappa shape index (κ1) is 19.8. The molecule has 0 radical (unpaired) electrons. The van der Waals surface area contributed by atoms with Gasteiger partial charge in [0.05, 0.1) is 12.8 Å². The first-order valence-corrected chi connectivity index (χ1v) is 10.7. The topological polar surface area (TPSA) is 66.5 Å². The molecule has 0 heterocycles. The van der Waals surface area contributed by atoms with Gasteiger partial charge < -0.3 is 5.32 Å². The molecule has 0 unspecified atom stereocenters. The van der Waals surface area contributed by atoms with Crippen molar-refractivity contribution in [1.82, 2.24) is 9.62 Å². The number of hydrogen-bond donors (Lipinski definition) is 1. The Balaban J connectivity index is 1.96. The third-order valence-corrected chi connectivity index (χ3v) is 5.73. The fraction of sp³-hybridized carbons (Fsp3) is 0.611. The van der Waals surface area contributed by atoms with Crippen molar-refractivity contribution in [2.45, 2.75) is 57.5 Å². The average molecular weight is 370 g/mol. The molecule has 1 aromatic carbocycles. The second-order valence-corrected chi connectivity index (χ2v) is 8.75. The van der Waals surface area contributed by atoms with E-state index in [0.717, 1.165) is 36.2 Å². The summed E-state index contributed by atoms with van der Waals surface area (Å²) in [5, 5.41) is 2.98. The maximum atomic E-state index is 13.0. The van der Waals surface area contributed by atoms with Crippen molar-refractivity contribution in [2.24, 2.45) is 0 Å². The van der Waals surface area contributed by atoms with E-state index in [1.165, 1.54) is 43.5 Å². The average Bonchev–Trinajstić information content (AvgIpc) is 2.50. The van der Waals surface area contributed by atoms with E-state index in [1.54, 1.807) is 0 Å². The predicted octanol–water partition coefficient (Wildman–Crippen LogP) is 2.82. The second kappa shape index (κ2) is 9.29. The highest BCUT2D eigenvalue weighted by Gasteiger charge is 2.22. The van der Waals surface area contributed by atoms with Gasteiger partial charge in [0.25, 0.3) is 0 Å². The van der Waals surface area contributed by atoms with Crippen LogP contribution < -0.4 is 5.32 Å². The van der Waals surface area contributed by atoms with Crippen LogP contribution in [0.2, 0.25) is 0 Å². The largest absolute Gasteiger partial charge is 0.352 e. The van der Waals surface area contributed by atoms with E-state index in [9.17, 15) is 17.6 Å². The van der Waals surface area contributed by atoms with E-state index in [1.807, 2.05) is 0 Å². The van der Waals surface area contributed by atoms with Crippen LogP contribution >= 0.6 is 0 Å². The van der Waals surface area contributed by atoms with Gasteiger partial charge in [-0.3, -0.25) is 4.79 Å². The number of carbonyl (C=O) groups excluding carboxylic acids is 1. The van der Waals surface area contributed by atoms with Gasteiger partial charge in [0.2, 0.25) is 15.9 Å². The molecule has 1 amide bonds. The summed E-state index contributed by atoms with van der Waals surface area (Å²) in [6.45, 7) is -0.163. The first-order chi connectivity index (χ1) is 11.8. The Labute approximate surface area is 149 Å². The van der Waals surface area contributed by atoms with Crippen molar-refractivity contribution < 1.29 is 17.6 Å². The molecular weight excluding hydrogens is 343 g/mol. The van der Waals surface area contributed by atoms with Crippen molar-refractivity contribution in [1.29, 1.82) is 0 Å². The predicted molar refractivity (Wildman–Crippen MR) is 95.9 cm³/mol. The van der Waals surface area contributed by atoms with Crippen LogP contribution in [-0.4, -0.2) is 37.5 Å². The maximum Gasteiger partial charge on any atom is 0.235 e. The summed E-state index contributed by atoms with van der Waals surface area (Å²) in [6, 6.07) is 5.75. The van der Waals surface area contributed by atoms with Gasteiger partial charge in [-0.2, -0.15) is 4.31 Å². The summed E-state index contributed by atoms with van der Waals surface area (Å²) in [5.41, 5.74) is 0.644. The smallest absolute Gasteiger partial charge is 0.235 e. The molecule has 1 saturated carbocycles. The van der Waals surface area contributed by atoms with Crippen LogP contribution in [0.15, 0.2) is 24.3 Å². The minimum absolute atomic E-state index is 0.0528. The quantitative estimate of drug-likeness (QED) is 0.837. The molecule has 0 atom stereocenters. The van der Waals surface area contributed by atoms with E-state index >= 15 is 0 Å². The number of halogens is 1. The highest BCUT2D eigenvalue weighted by molar-refractivity contribution is 7.88. The minimum atomic E-state index is -3.54. The van der Waals surface area contributed by atoms with E-state index in [0.29, 0.717) is 5.56 Å². The van der Waals surface area contributed by atoms with Gasteiger partial charge in [-0.05, 0) is 30.5 Å². The molecule has 0 aromatic heterocycles. The van der Waals surface area contributed by atoms with Crippen molar-refractivity contribution in [3.63, 3.8) is 0 Å². The normalized spacial score (nSPS) is 17.1. The van der Waals surface area contributed by atoms with E-state index in [2.05, 4.69) is 5.32 Å². The van der Waals surface area contributed by atoms with Crippen LogP contribution in [0.1, 0.15) is 50.5 Å². The Kier molecular flexibility index (Phi) is 7.38. The van der Waals surface area contributed by atoms with Crippen LogP contribution in [0.4, 0.5) is 4.39 Å². The lowest BCUT2D eigenvalue weighted by molar-refractivity contribution is -0.122. The zero-order valence-corrected chi connectivity index (χ0v) is 15.5. The molecule has 0 bridgehead atoms. The Bertz CT molecular complexity index is 653. The molecule has 5 nitrogen and oxygen atoms in total. The zero-order valence-electron chi connectivity index (χ0n) is 14.7. The summed E-state index contributed by atoms with van der Waals surface area (Å²) in [7, 11) is -3.54. The van der Waals surface area contributed by atoms with Gasteiger partial charge in [-0.15, -0.1) is 0 Å². The van der Waals surface area contributed by atoms with Crippen LogP contribution in [0, 0.1) is 5.82 Å². The molecule has 2 rings (SSSR count). The zero-order chi connectivity index (χ0) is 18.3. The summed E-state index contributed by atoms with van der Waals surface area (Å²) in [6.07, 6.45) is 8.79. The fourth-order valence-electron chi connectivity index (χ4n) is 3.12. The SMILES string of the molecule is CS(=O)(=O)N(CC(=O)NC1CCCCCCC1)Cc1ccc(F)cc1. The maximum absolute atomic E-state index is 13.0. The molecule has 7 heteroatoms. The summed E-state index contributed by atoms with van der Waals surface area (Å²) >= 11 is 0. The number of rotatable bonds is 6. The Hall–Kier alpha value is -1.47. The lowest BCUT2D eigenvalue weighted by Crippen LogP contribution is -2.43. The number of nitrogens with zero attached hydrogens (tertiary/aromatic N) is 1. The Morgan fingerprint density at radius 3 is 2.24 bits per heavy atom. The Morgan fingerprint density at radius 2 is 1.68 bits per heavy atom. The van der Waals surface area contributed by atoms with Crippen LogP contribution in [-0.2, 0) is 21.4 Å². The van der Waals surface area contributed by atoms with E-state index in [-0.39, 0.29) is 30.9 Å². The number of sulfonamides is 1. The monoisotopic (exact) mass is 370 g/mol. The Morgan fingerprint density at radius 1 is 1.12 bits per heavy atom.